The first-order valence-electron chi connectivity index (χ1n) is 7.90. The van der Waals surface area contributed by atoms with Crippen molar-refractivity contribution in [2.24, 2.45) is 0 Å². The van der Waals surface area contributed by atoms with E-state index < -0.39 is 0 Å². The van der Waals surface area contributed by atoms with Crippen LogP contribution in [0, 0.1) is 0 Å². The molecule has 3 heteroatoms. The average molecular weight is 296 g/mol. The van der Waals surface area contributed by atoms with Crippen molar-refractivity contribution >= 4 is 5.91 Å². The van der Waals surface area contributed by atoms with Crippen molar-refractivity contribution < 1.29 is 4.79 Å². The maximum atomic E-state index is 11.7. The topological polar surface area (TPSA) is 41.1 Å². The van der Waals surface area contributed by atoms with Crippen molar-refractivity contribution in [1.82, 2.24) is 10.6 Å². The lowest BCUT2D eigenvalue weighted by atomic mass is 10.1. The minimum Gasteiger partial charge on any atom is -0.355 e. The minimum absolute atomic E-state index is 0.0654. The number of amides is 1. The van der Waals surface area contributed by atoms with E-state index in [0.29, 0.717) is 6.54 Å². The van der Waals surface area contributed by atoms with Gasteiger partial charge in [0.25, 0.3) is 0 Å². The van der Waals surface area contributed by atoms with Gasteiger partial charge in [0.05, 0.1) is 6.54 Å². The van der Waals surface area contributed by atoms with Crippen LogP contribution in [0.1, 0.15) is 24.0 Å². The molecular formula is C19H24N2O. The van der Waals surface area contributed by atoms with Gasteiger partial charge in [-0.1, -0.05) is 60.7 Å². The molecule has 0 spiro atoms. The first-order valence-corrected chi connectivity index (χ1v) is 7.90. The van der Waals surface area contributed by atoms with Crippen molar-refractivity contribution in [2.75, 3.05) is 13.1 Å². The number of carbonyl (C=O) groups is 1. The van der Waals surface area contributed by atoms with E-state index in [9.17, 15) is 4.79 Å². The van der Waals surface area contributed by atoms with E-state index in [4.69, 9.17) is 0 Å². The molecule has 0 saturated carbocycles. The Morgan fingerprint density at radius 2 is 1.45 bits per heavy atom. The zero-order valence-corrected chi connectivity index (χ0v) is 12.9. The lowest BCUT2D eigenvalue weighted by Crippen LogP contribution is -2.34. The van der Waals surface area contributed by atoms with Gasteiger partial charge in [-0.2, -0.15) is 0 Å². The zero-order chi connectivity index (χ0) is 15.5. The molecule has 2 aromatic carbocycles. The maximum absolute atomic E-state index is 11.7. The molecule has 1 amide bonds. The van der Waals surface area contributed by atoms with Crippen LogP contribution < -0.4 is 10.6 Å². The van der Waals surface area contributed by atoms with Gasteiger partial charge in [0.1, 0.15) is 0 Å². The summed E-state index contributed by atoms with van der Waals surface area (Å²) in [5.74, 6) is 0.0654. The van der Waals surface area contributed by atoms with Crippen molar-refractivity contribution in [2.45, 2.75) is 25.8 Å². The van der Waals surface area contributed by atoms with E-state index >= 15 is 0 Å². The Bertz CT molecular complexity index is 540. The molecule has 0 radical (unpaired) electrons. The SMILES string of the molecule is O=C(CNCc1ccccc1)NCCCCc1ccccc1. The molecule has 3 nitrogen and oxygen atoms in total. The summed E-state index contributed by atoms with van der Waals surface area (Å²) in [7, 11) is 0. The summed E-state index contributed by atoms with van der Waals surface area (Å²) in [6.07, 6.45) is 3.18. The molecule has 0 bridgehead atoms. The Morgan fingerprint density at radius 1 is 0.818 bits per heavy atom. The zero-order valence-electron chi connectivity index (χ0n) is 12.9. The van der Waals surface area contributed by atoms with Crippen LogP contribution in [0.15, 0.2) is 60.7 Å². The fourth-order valence-electron chi connectivity index (χ4n) is 2.31. The predicted octanol–water partition coefficient (Wildman–Crippen LogP) is 2.92. The van der Waals surface area contributed by atoms with Crippen molar-refractivity contribution in [3.05, 3.63) is 71.8 Å². The second kappa shape index (κ2) is 9.74. The lowest BCUT2D eigenvalue weighted by molar-refractivity contribution is -0.120. The number of hydrogen-bond donors (Lipinski definition) is 2. The summed E-state index contributed by atoms with van der Waals surface area (Å²) in [4.78, 5) is 11.7. The van der Waals surface area contributed by atoms with Gasteiger partial charge in [0.15, 0.2) is 0 Å². The molecular weight excluding hydrogens is 272 g/mol. The second-order valence-electron chi connectivity index (χ2n) is 5.38. The summed E-state index contributed by atoms with van der Waals surface area (Å²) in [5, 5.41) is 6.11. The highest BCUT2D eigenvalue weighted by molar-refractivity contribution is 5.77. The van der Waals surface area contributed by atoms with E-state index in [2.05, 4.69) is 47.0 Å². The van der Waals surface area contributed by atoms with Crippen LogP contribution in [-0.2, 0) is 17.8 Å². The van der Waals surface area contributed by atoms with E-state index in [-0.39, 0.29) is 5.91 Å². The van der Waals surface area contributed by atoms with Gasteiger partial charge in [-0.15, -0.1) is 0 Å². The molecule has 22 heavy (non-hydrogen) atoms. The molecule has 0 aliphatic carbocycles. The Hall–Kier alpha value is -2.13. The summed E-state index contributed by atoms with van der Waals surface area (Å²) in [6, 6.07) is 20.6. The highest BCUT2D eigenvalue weighted by Gasteiger charge is 2.00. The quantitative estimate of drug-likeness (QED) is 0.699. The molecule has 116 valence electrons. The molecule has 2 aromatic rings. The number of aryl methyl sites for hydroxylation is 1. The maximum Gasteiger partial charge on any atom is 0.233 e. The first-order chi connectivity index (χ1) is 10.8. The summed E-state index contributed by atoms with van der Waals surface area (Å²) in [5.41, 5.74) is 2.55. The van der Waals surface area contributed by atoms with Gasteiger partial charge in [0.2, 0.25) is 5.91 Å². The lowest BCUT2D eigenvalue weighted by Gasteiger charge is -2.07. The molecule has 2 rings (SSSR count). The molecule has 0 fully saturated rings. The smallest absolute Gasteiger partial charge is 0.233 e. The fraction of sp³-hybridized carbons (Fsp3) is 0.316. The molecule has 0 unspecified atom stereocenters. The number of rotatable bonds is 9. The van der Waals surface area contributed by atoms with Gasteiger partial charge in [-0.05, 0) is 30.4 Å². The molecule has 0 aromatic heterocycles. The summed E-state index contributed by atoms with van der Waals surface area (Å²) >= 11 is 0. The van der Waals surface area contributed by atoms with Gasteiger partial charge in [-0.25, -0.2) is 0 Å². The third kappa shape index (κ3) is 6.55. The Balaban J connectivity index is 1.49. The molecule has 0 saturated heterocycles. The standard InChI is InChI=1S/C19H24N2O/c22-19(16-20-15-18-12-5-2-6-13-18)21-14-8-7-11-17-9-3-1-4-10-17/h1-6,9-10,12-13,20H,7-8,11,14-16H2,(H,21,22). The monoisotopic (exact) mass is 296 g/mol. The largest absolute Gasteiger partial charge is 0.355 e. The molecule has 2 N–H and O–H groups in total. The molecule has 0 atom stereocenters. The van der Waals surface area contributed by atoms with Crippen LogP contribution in [0.4, 0.5) is 0 Å². The third-order valence-corrected chi connectivity index (χ3v) is 3.51. The van der Waals surface area contributed by atoms with E-state index in [1.54, 1.807) is 0 Å². The van der Waals surface area contributed by atoms with E-state index in [1.807, 2.05) is 24.3 Å². The van der Waals surface area contributed by atoms with Crippen LogP contribution in [-0.4, -0.2) is 19.0 Å². The Kier molecular flexibility index (Phi) is 7.19. The van der Waals surface area contributed by atoms with Crippen molar-refractivity contribution in [1.29, 1.82) is 0 Å². The highest BCUT2D eigenvalue weighted by atomic mass is 16.1. The van der Waals surface area contributed by atoms with Gasteiger partial charge in [-0.3, -0.25) is 4.79 Å². The Morgan fingerprint density at radius 3 is 2.14 bits per heavy atom. The first kappa shape index (κ1) is 16.2. The van der Waals surface area contributed by atoms with Gasteiger partial charge < -0.3 is 10.6 Å². The Labute approximate surface area is 132 Å². The second-order valence-corrected chi connectivity index (χ2v) is 5.38. The number of hydrogen-bond acceptors (Lipinski definition) is 2. The number of unbranched alkanes of at least 4 members (excludes halogenated alkanes) is 1. The fourth-order valence-corrected chi connectivity index (χ4v) is 2.31. The third-order valence-electron chi connectivity index (χ3n) is 3.51. The molecule has 0 aliphatic heterocycles. The van der Waals surface area contributed by atoms with Crippen LogP contribution in [0.2, 0.25) is 0 Å². The van der Waals surface area contributed by atoms with Crippen LogP contribution in [0.5, 0.6) is 0 Å². The van der Waals surface area contributed by atoms with Gasteiger partial charge in [0, 0.05) is 13.1 Å². The number of benzene rings is 2. The number of carbonyl (C=O) groups excluding carboxylic acids is 1. The van der Waals surface area contributed by atoms with Gasteiger partial charge >= 0.3 is 0 Å². The van der Waals surface area contributed by atoms with E-state index in [1.165, 1.54) is 11.1 Å². The summed E-state index contributed by atoms with van der Waals surface area (Å²) in [6.45, 7) is 1.84. The van der Waals surface area contributed by atoms with Crippen molar-refractivity contribution in [3.63, 3.8) is 0 Å². The molecule has 0 heterocycles. The predicted molar refractivity (Wildman–Crippen MR) is 90.5 cm³/mol. The number of nitrogens with one attached hydrogen (secondary N) is 2. The van der Waals surface area contributed by atoms with Crippen LogP contribution in [0.3, 0.4) is 0 Å². The summed E-state index contributed by atoms with van der Waals surface area (Å²) < 4.78 is 0. The highest BCUT2D eigenvalue weighted by Crippen LogP contribution is 2.03. The van der Waals surface area contributed by atoms with Crippen molar-refractivity contribution in [3.8, 4) is 0 Å². The van der Waals surface area contributed by atoms with E-state index in [0.717, 1.165) is 32.4 Å². The normalized spacial score (nSPS) is 10.4. The average Bonchev–Trinajstić information content (AvgIpc) is 2.56. The minimum atomic E-state index is 0.0654. The molecule has 0 aliphatic rings. The van der Waals surface area contributed by atoms with Crippen LogP contribution in [0.25, 0.3) is 0 Å². The van der Waals surface area contributed by atoms with Crippen LogP contribution >= 0.6 is 0 Å².